The van der Waals surface area contributed by atoms with E-state index in [1.165, 1.54) is 5.56 Å². The maximum Gasteiger partial charge on any atom is 0.0717 e. The molecule has 0 aromatic heterocycles. The minimum Gasteiger partial charge on any atom is -0.396 e. The van der Waals surface area contributed by atoms with E-state index in [1.54, 1.807) is 0 Å². The first-order valence-corrected chi connectivity index (χ1v) is 5.70. The molecular weight excluding hydrogens is 200 g/mol. The van der Waals surface area contributed by atoms with Gasteiger partial charge in [-0.25, -0.2) is 0 Å². The van der Waals surface area contributed by atoms with E-state index in [0.29, 0.717) is 13.2 Å². The van der Waals surface area contributed by atoms with Crippen LogP contribution in [-0.4, -0.2) is 18.3 Å². The molecule has 1 N–H and O–H groups in total. The van der Waals surface area contributed by atoms with Gasteiger partial charge < -0.3 is 9.84 Å². The molecule has 0 saturated heterocycles. The zero-order chi connectivity index (χ0) is 11.6. The van der Waals surface area contributed by atoms with Crippen LogP contribution in [-0.2, 0) is 11.3 Å². The van der Waals surface area contributed by atoms with Crippen molar-refractivity contribution in [2.75, 3.05) is 13.2 Å². The summed E-state index contributed by atoms with van der Waals surface area (Å²) in [6.07, 6.45) is 3.74. The van der Waals surface area contributed by atoms with Crippen molar-refractivity contribution in [1.82, 2.24) is 0 Å². The standard InChI is InChI=1S/C14H20O2/c1-2-3-7-14(10-15)12-16-11-13-8-5-4-6-9-13/h2,4-6,8-9,14-15H,1,3,7,10-12H2/t14-/m0/s1. The number of ether oxygens (including phenoxy) is 1. The van der Waals surface area contributed by atoms with Gasteiger partial charge in [-0.05, 0) is 18.4 Å². The molecule has 0 bridgehead atoms. The van der Waals surface area contributed by atoms with Gasteiger partial charge in [0, 0.05) is 12.5 Å². The molecular formula is C14H20O2. The van der Waals surface area contributed by atoms with Gasteiger partial charge in [0.1, 0.15) is 0 Å². The summed E-state index contributed by atoms with van der Waals surface area (Å²) in [6, 6.07) is 10.1. The van der Waals surface area contributed by atoms with Gasteiger partial charge >= 0.3 is 0 Å². The summed E-state index contributed by atoms with van der Waals surface area (Å²) < 4.78 is 5.58. The molecule has 0 radical (unpaired) electrons. The Hall–Kier alpha value is -1.12. The van der Waals surface area contributed by atoms with Crippen molar-refractivity contribution >= 4 is 0 Å². The lowest BCUT2D eigenvalue weighted by molar-refractivity contribution is 0.0600. The summed E-state index contributed by atoms with van der Waals surface area (Å²) >= 11 is 0. The van der Waals surface area contributed by atoms with Crippen LogP contribution in [0.1, 0.15) is 18.4 Å². The van der Waals surface area contributed by atoms with Gasteiger partial charge in [-0.15, -0.1) is 6.58 Å². The third-order valence-electron chi connectivity index (χ3n) is 2.50. The van der Waals surface area contributed by atoms with E-state index in [1.807, 2.05) is 36.4 Å². The van der Waals surface area contributed by atoms with Crippen molar-refractivity contribution in [3.63, 3.8) is 0 Å². The number of benzene rings is 1. The summed E-state index contributed by atoms with van der Waals surface area (Å²) in [7, 11) is 0. The Morgan fingerprint density at radius 1 is 1.31 bits per heavy atom. The summed E-state index contributed by atoms with van der Waals surface area (Å²) in [4.78, 5) is 0. The van der Waals surface area contributed by atoms with E-state index in [2.05, 4.69) is 6.58 Å². The van der Waals surface area contributed by atoms with Crippen LogP contribution in [0.15, 0.2) is 43.0 Å². The van der Waals surface area contributed by atoms with Crippen LogP contribution in [0.2, 0.25) is 0 Å². The van der Waals surface area contributed by atoms with E-state index in [-0.39, 0.29) is 12.5 Å². The molecule has 2 heteroatoms. The second kappa shape index (κ2) is 8.08. The number of hydrogen-bond donors (Lipinski definition) is 1. The predicted molar refractivity (Wildman–Crippen MR) is 66.1 cm³/mol. The number of hydrogen-bond acceptors (Lipinski definition) is 2. The molecule has 0 fully saturated rings. The highest BCUT2D eigenvalue weighted by molar-refractivity contribution is 5.13. The molecule has 0 saturated carbocycles. The first kappa shape index (κ1) is 12.9. The molecule has 1 aromatic rings. The first-order chi connectivity index (χ1) is 7.86. The van der Waals surface area contributed by atoms with E-state index in [9.17, 15) is 0 Å². The SMILES string of the molecule is C=CCC[C@@H](CO)COCc1ccccc1. The third-order valence-corrected chi connectivity index (χ3v) is 2.50. The number of aliphatic hydroxyl groups excluding tert-OH is 1. The Bertz CT molecular complexity index is 282. The zero-order valence-corrected chi connectivity index (χ0v) is 9.64. The van der Waals surface area contributed by atoms with Crippen LogP contribution in [0.4, 0.5) is 0 Å². The minimum atomic E-state index is 0.183. The summed E-state index contributed by atoms with van der Waals surface area (Å²) in [5.74, 6) is 0.224. The highest BCUT2D eigenvalue weighted by atomic mass is 16.5. The molecule has 0 spiro atoms. The summed E-state index contributed by atoms with van der Waals surface area (Å²) in [5.41, 5.74) is 1.17. The highest BCUT2D eigenvalue weighted by Crippen LogP contribution is 2.08. The monoisotopic (exact) mass is 220 g/mol. The Labute approximate surface area is 97.6 Å². The molecule has 0 heterocycles. The largest absolute Gasteiger partial charge is 0.396 e. The predicted octanol–water partition coefficient (Wildman–Crippen LogP) is 2.78. The molecule has 16 heavy (non-hydrogen) atoms. The lowest BCUT2D eigenvalue weighted by atomic mass is 10.1. The smallest absolute Gasteiger partial charge is 0.0717 e. The molecule has 88 valence electrons. The topological polar surface area (TPSA) is 29.5 Å². The van der Waals surface area contributed by atoms with Crippen molar-refractivity contribution in [2.45, 2.75) is 19.4 Å². The maximum absolute atomic E-state index is 9.14. The molecule has 1 aromatic carbocycles. The highest BCUT2D eigenvalue weighted by Gasteiger charge is 2.06. The van der Waals surface area contributed by atoms with Crippen molar-refractivity contribution in [3.8, 4) is 0 Å². The van der Waals surface area contributed by atoms with Crippen molar-refractivity contribution < 1.29 is 9.84 Å². The van der Waals surface area contributed by atoms with Crippen LogP contribution in [0.25, 0.3) is 0 Å². The lowest BCUT2D eigenvalue weighted by Crippen LogP contribution is -2.13. The quantitative estimate of drug-likeness (QED) is 0.683. The van der Waals surface area contributed by atoms with E-state index in [4.69, 9.17) is 9.84 Å². The number of rotatable bonds is 8. The fourth-order valence-electron chi connectivity index (χ4n) is 1.50. The average Bonchev–Trinajstić information content (AvgIpc) is 2.35. The van der Waals surface area contributed by atoms with Crippen LogP contribution >= 0.6 is 0 Å². The lowest BCUT2D eigenvalue weighted by Gasteiger charge is -2.13. The van der Waals surface area contributed by atoms with E-state index < -0.39 is 0 Å². The fraction of sp³-hybridized carbons (Fsp3) is 0.429. The van der Waals surface area contributed by atoms with Crippen LogP contribution < -0.4 is 0 Å². The van der Waals surface area contributed by atoms with Gasteiger partial charge in [0.15, 0.2) is 0 Å². The van der Waals surface area contributed by atoms with Crippen molar-refractivity contribution in [3.05, 3.63) is 48.6 Å². The second-order valence-electron chi connectivity index (χ2n) is 3.92. The minimum absolute atomic E-state index is 0.183. The van der Waals surface area contributed by atoms with Gasteiger partial charge in [-0.3, -0.25) is 0 Å². The number of aliphatic hydroxyl groups is 1. The van der Waals surface area contributed by atoms with Crippen LogP contribution in [0, 0.1) is 5.92 Å². The molecule has 0 amide bonds. The molecule has 0 aliphatic heterocycles. The van der Waals surface area contributed by atoms with E-state index >= 15 is 0 Å². The van der Waals surface area contributed by atoms with Gasteiger partial charge in [0.25, 0.3) is 0 Å². The Balaban J connectivity index is 2.20. The van der Waals surface area contributed by atoms with Gasteiger partial charge in [-0.2, -0.15) is 0 Å². The number of allylic oxidation sites excluding steroid dienone is 1. The molecule has 0 aliphatic carbocycles. The Kier molecular flexibility index (Phi) is 6.54. The second-order valence-corrected chi connectivity index (χ2v) is 3.92. The molecule has 0 unspecified atom stereocenters. The Morgan fingerprint density at radius 3 is 2.69 bits per heavy atom. The Morgan fingerprint density at radius 2 is 2.06 bits per heavy atom. The fourth-order valence-corrected chi connectivity index (χ4v) is 1.50. The normalized spacial score (nSPS) is 12.3. The van der Waals surface area contributed by atoms with E-state index in [0.717, 1.165) is 12.8 Å². The van der Waals surface area contributed by atoms with Crippen LogP contribution in [0.3, 0.4) is 0 Å². The van der Waals surface area contributed by atoms with Crippen molar-refractivity contribution in [1.29, 1.82) is 0 Å². The summed E-state index contributed by atoms with van der Waals surface area (Å²) in [6.45, 7) is 5.08. The summed E-state index contributed by atoms with van der Waals surface area (Å²) in [5, 5.41) is 9.14. The van der Waals surface area contributed by atoms with Gasteiger partial charge in [-0.1, -0.05) is 36.4 Å². The third kappa shape index (κ3) is 5.10. The average molecular weight is 220 g/mol. The van der Waals surface area contributed by atoms with Crippen molar-refractivity contribution in [2.24, 2.45) is 5.92 Å². The maximum atomic E-state index is 9.14. The first-order valence-electron chi connectivity index (χ1n) is 5.70. The molecule has 1 rings (SSSR count). The van der Waals surface area contributed by atoms with Gasteiger partial charge in [0.2, 0.25) is 0 Å². The molecule has 2 nitrogen and oxygen atoms in total. The van der Waals surface area contributed by atoms with Gasteiger partial charge in [0.05, 0.1) is 13.2 Å². The molecule has 1 atom stereocenters. The zero-order valence-electron chi connectivity index (χ0n) is 9.64. The molecule has 0 aliphatic rings. The van der Waals surface area contributed by atoms with Crippen LogP contribution in [0.5, 0.6) is 0 Å².